The van der Waals surface area contributed by atoms with E-state index in [1.807, 2.05) is 6.07 Å². The zero-order valence-electron chi connectivity index (χ0n) is 12.9. The lowest BCUT2D eigenvalue weighted by atomic mass is 10.1. The molecule has 0 bridgehead atoms. The van der Waals surface area contributed by atoms with Crippen molar-refractivity contribution in [3.63, 3.8) is 0 Å². The fourth-order valence-electron chi connectivity index (χ4n) is 2.04. The minimum atomic E-state index is -0.167. The quantitative estimate of drug-likeness (QED) is 0.899. The Labute approximate surface area is 121 Å². The summed E-state index contributed by atoms with van der Waals surface area (Å²) in [6.45, 7) is 8.52. The molecule has 0 saturated heterocycles. The molecule has 1 heterocycles. The Bertz CT molecular complexity index is 445. The molecule has 2 rings (SSSR count). The second-order valence-corrected chi connectivity index (χ2v) is 5.82. The first kappa shape index (κ1) is 15.1. The van der Waals surface area contributed by atoms with Gasteiger partial charge >= 0.3 is 0 Å². The van der Waals surface area contributed by atoms with Gasteiger partial charge in [-0.25, -0.2) is 0 Å². The molecule has 0 fully saturated rings. The SMILES string of the molecule is COC(C)(C)CNC(C)c1ccc2c(c1)OCCCO2. The van der Waals surface area contributed by atoms with Gasteiger partial charge in [-0.2, -0.15) is 0 Å². The molecule has 1 aromatic carbocycles. The minimum Gasteiger partial charge on any atom is -0.490 e. The first-order valence-electron chi connectivity index (χ1n) is 7.20. The van der Waals surface area contributed by atoms with Crippen LogP contribution in [0.15, 0.2) is 18.2 Å². The maximum absolute atomic E-state index is 5.73. The molecule has 0 spiro atoms. The highest BCUT2D eigenvalue weighted by Crippen LogP contribution is 2.32. The van der Waals surface area contributed by atoms with Crippen molar-refractivity contribution in [1.29, 1.82) is 0 Å². The van der Waals surface area contributed by atoms with Gasteiger partial charge in [0.1, 0.15) is 0 Å². The lowest BCUT2D eigenvalue weighted by Crippen LogP contribution is -2.37. The lowest BCUT2D eigenvalue weighted by molar-refractivity contribution is 0.0214. The van der Waals surface area contributed by atoms with Gasteiger partial charge in [-0.05, 0) is 38.5 Å². The van der Waals surface area contributed by atoms with E-state index in [2.05, 4.69) is 38.2 Å². The maximum Gasteiger partial charge on any atom is 0.161 e. The number of fused-ring (bicyclic) bond motifs is 1. The number of ether oxygens (including phenoxy) is 3. The molecule has 4 heteroatoms. The van der Waals surface area contributed by atoms with Crippen LogP contribution in [0.25, 0.3) is 0 Å². The molecule has 0 aromatic heterocycles. The van der Waals surface area contributed by atoms with Gasteiger partial charge in [0.15, 0.2) is 11.5 Å². The van der Waals surface area contributed by atoms with Crippen molar-refractivity contribution < 1.29 is 14.2 Å². The fourth-order valence-corrected chi connectivity index (χ4v) is 2.04. The van der Waals surface area contributed by atoms with Crippen molar-refractivity contribution in [2.45, 2.75) is 38.8 Å². The highest BCUT2D eigenvalue weighted by molar-refractivity contribution is 5.44. The normalized spacial score (nSPS) is 16.6. The first-order chi connectivity index (χ1) is 9.52. The van der Waals surface area contributed by atoms with Crippen LogP contribution in [0.2, 0.25) is 0 Å². The molecule has 1 atom stereocenters. The summed E-state index contributed by atoms with van der Waals surface area (Å²) in [7, 11) is 1.74. The molecular weight excluding hydrogens is 254 g/mol. The summed E-state index contributed by atoms with van der Waals surface area (Å²) in [4.78, 5) is 0. The molecule has 1 N–H and O–H groups in total. The van der Waals surface area contributed by atoms with Crippen LogP contribution in [-0.4, -0.2) is 32.5 Å². The second-order valence-electron chi connectivity index (χ2n) is 5.82. The number of hydrogen-bond acceptors (Lipinski definition) is 4. The molecule has 0 aliphatic carbocycles. The van der Waals surface area contributed by atoms with Gasteiger partial charge in [0, 0.05) is 26.1 Å². The lowest BCUT2D eigenvalue weighted by Gasteiger charge is -2.26. The molecule has 1 aliphatic rings. The number of methoxy groups -OCH3 is 1. The van der Waals surface area contributed by atoms with E-state index in [4.69, 9.17) is 14.2 Å². The Balaban J connectivity index is 2.03. The third-order valence-corrected chi connectivity index (χ3v) is 3.66. The molecule has 1 unspecified atom stereocenters. The topological polar surface area (TPSA) is 39.7 Å². The largest absolute Gasteiger partial charge is 0.490 e. The van der Waals surface area contributed by atoms with Crippen LogP contribution in [-0.2, 0) is 4.74 Å². The van der Waals surface area contributed by atoms with Crippen LogP contribution >= 0.6 is 0 Å². The van der Waals surface area contributed by atoms with Gasteiger partial charge in [0.05, 0.1) is 18.8 Å². The van der Waals surface area contributed by atoms with E-state index in [1.165, 1.54) is 5.56 Å². The van der Waals surface area contributed by atoms with E-state index in [0.717, 1.165) is 37.7 Å². The average molecular weight is 279 g/mol. The van der Waals surface area contributed by atoms with Crippen LogP contribution in [0, 0.1) is 0 Å². The maximum atomic E-state index is 5.73. The number of nitrogens with one attached hydrogen (secondary N) is 1. The average Bonchev–Trinajstić information content (AvgIpc) is 2.69. The summed E-state index contributed by atoms with van der Waals surface area (Å²) >= 11 is 0. The van der Waals surface area contributed by atoms with E-state index in [9.17, 15) is 0 Å². The molecule has 0 radical (unpaired) electrons. The van der Waals surface area contributed by atoms with E-state index in [-0.39, 0.29) is 11.6 Å². The monoisotopic (exact) mass is 279 g/mol. The van der Waals surface area contributed by atoms with Gasteiger partial charge in [0.2, 0.25) is 0 Å². The third kappa shape index (κ3) is 3.87. The van der Waals surface area contributed by atoms with Gasteiger partial charge in [-0.1, -0.05) is 6.07 Å². The summed E-state index contributed by atoms with van der Waals surface area (Å²) in [6.07, 6.45) is 0.930. The highest BCUT2D eigenvalue weighted by atomic mass is 16.5. The highest BCUT2D eigenvalue weighted by Gasteiger charge is 2.18. The van der Waals surface area contributed by atoms with E-state index < -0.39 is 0 Å². The fraction of sp³-hybridized carbons (Fsp3) is 0.625. The minimum absolute atomic E-state index is 0.167. The van der Waals surface area contributed by atoms with Crippen molar-refractivity contribution in [2.75, 3.05) is 26.9 Å². The smallest absolute Gasteiger partial charge is 0.161 e. The Kier molecular flexibility index (Phi) is 4.89. The zero-order valence-corrected chi connectivity index (χ0v) is 12.9. The van der Waals surface area contributed by atoms with Crippen LogP contribution in [0.1, 0.15) is 38.8 Å². The van der Waals surface area contributed by atoms with Crippen LogP contribution in [0.4, 0.5) is 0 Å². The van der Waals surface area contributed by atoms with E-state index in [0.29, 0.717) is 0 Å². The molecule has 20 heavy (non-hydrogen) atoms. The predicted octanol–water partition coefficient (Wildman–Crippen LogP) is 2.92. The van der Waals surface area contributed by atoms with Crippen LogP contribution < -0.4 is 14.8 Å². The summed E-state index contributed by atoms with van der Waals surface area (Å²) in [5, 5.41) is 3.49. The predicted molar refractivity (Wildman–Crippen MR) is 79.6 cm³/mol. The molecule has 1 aliphatic heterocycles. The molecule has 4 nitrogen and oxygen atoms in total. The van der Waals surface area contributed by atoms with E-state index >= 15 is 0 Å². The van der Waals surface area contributed by atoms with Crippen molar-refractivity contribution in [2.24, 2.45) is 0 Å². The Morgan fingerprint density at radius 2 is 1.95 bits per heavy atom. The summed E-state index contributed by atoms with van der Waals surface area (Å²) < 4.78 is 16.8. The van der Waals surface area contributed by atoms with Crippen molar-refractivity contribution in [3.8, 4) is 11.5 Å². The summed E-state index contributed by atoms with van der Waals surface area (Å²) in [6, 6.07) is 6.39. The summed E-state index contributed by atoms with van der Waals surface area (Å²) in [5.74, 6) is 1.69. The number of rotatable bonds is 5. The van der Waals surface area contributed by atoms with Crippen LogP contribution in [0.5, 0.6) is 11.5 Å². The Morgan fingerprint density at radius 1 is 1.25 bits per heavy atom. The molecule has 0 saturated carbocycles. The standard InChI is InChI=1S/C16H25NO3/c1-12(17-11-16(2,3)18-4)13-6-7-14-15(10-13)20-9-5-8-19-14/h6-7,10,12,17H,5,8-9,11H2,1-4H3. The van der Waals surface area contributed by atoms with Gasteiger partial charge in [-0.15, -0.1) is 0 Å². The molecule has 112 valence electrons. The Hall–Kier alpha value is -1.26. The molecule has 1 aromatic rings. The molecular formula is C16H25NO3. The zero-order chi connectivity index (χ0) is 14.6. The van der Waals surface area contributed by atoms with Crippen molar-refractivity contribution in [3.05, 3.63) is 23.8 Å². The van der Waals surface area contributed by atoms with Gasteiger partial charge in [0.25, 0.3) is 0 Å². The third-order valence-electron chi connectivity index (χ3n) is 3.66. The van der Waals surface area contributed by atoms with Crippen molar-refractivity contribution >= 4 is 0 Å². The van der Waals surface area contributed by atoms with Crippen LogP contribution in [0.3, 0.4) is 0 Å². The van der Waals surface area contributed by atoms with Gasteiger partial charge < -0.3 is 19.5 Å². The van der Waals surface area contributed by atoms with E-state index in [1.54, 1.807) is 7.11 Å². The Morgan fingerprint density at radius 3 is 2.65 bits per heavy atom. The van der Waals surface area contributed by atoms with Gasteiger partial charge in [-0.3, -0.25) is 0 Å². The summed E-state index contributed by atoms with van der Waals surface area (Å²) in [5.41, 5.74) is 1.03. The van der Waals surface area contributed by atoms with Crippen molar-refractivity contribution in [1.82, 2.24) is 5.32 Å². The first-order valence-corrected chi connectivity index (χ1v) is 7.20. The number of hydrogen-bond donors (Lipinski definition) is 1. The second kappa shape index (κ2) is 6.46. The molecule has 0 amide bonds. The number of benzene rings is 1.